The van der Waals surface area contributed by atoms with Gasteiger partial charge in [-0.2, -0.15) is 0 Å². The van der Waals surface area contributed by atoms with Gasteiger partial charge in [-0.25, -0.2) is 4.79 Å². The molecule has 0 bridgehead atoms. The molecule has 2 nitrogen and oxygen atoms in total. The Morgan fingerprint density at radius 2 is 2.23 bits per heavy atom. The molecule has 1 aliphatic rings. The molecule has 0 spiro atoms. The predicted molar refractivity (Wildman–Crippen MR) is 52.5 cm³/mol. The molecule has 0 saturated heterocycles. The maximum atomic E-state index is 10.6. The quantitative estimate of drug-likeness (QED) is 0.681. The van der Waals surface area contributed by atoms with E-state index < -0.39 is 5.97 Å². The van der Waals surface area contributed by atoms with Crippen LogP contribution in [0.1, 0.15) is 39.0 Å². The monoisotopic (exact) mass is 182 g/mol. The Bertz CT molecular complexity index is 208. The highest BCUT2D eigenvalue weighted by atomic mass is 16.4. The van der Waals surface area contributed by atoms with Gasteiger partial charge in [0, 0.05) is 5.57 Å². The minimum absolute atomic E-state index is 0.374. The summed E-state index contributed by atoms with van der Waals surface area (Å²) in [5.74, 6) is 0.492. The zero-order valence-electron chi connectivity index (χ0n) is 8.25. The van der Waals surface area contributed by atoms with Crippen molar-refractivity contribution >= 4 is 5.97 Å². The highest BCUT2D eigenvalue weighted by Gasteiger charge is 2.20. The molecular formula is C11H18O2. The number of carboxylic acids is 1. The lowest BCUT2D eigenvalue weighted by atomic mass is 9.79. The van der Waals surface area contributed by atoms with E-state index in [2.05, 4.69) is 13.5 Å². The number of hydrogen-bond acceptors (Lipinski definition) is 1. The van der Waals surface area contributed by atoms with Crippen LogP contribution < -0.4 is 0 Å². The lowest BCUT2D eigenvalue weighted by Gasteiger charge is -2.26. The van der Waals surface area contributed by atoms with Crippen molar-refractivity contribution in [3.05, 3.63) is 12.2 Å². The van der Waals surface area contributed by atoms with Crippen LogP contribution >= 0.6 is 0 Å². The zero-order valence-corrected chi connectivity index (χ0v) is 8.25. The van der Waals surface area contributed by atoms with Gasteiger partial charge in [-0.15, -0.1) is 0 Å². The minimum atomic E-state index is -0.835. The van der Waals surface area contributed by atoms with Gasteiger partial charge in [0.15, 0.2) is 0 Å². The van der Waals surface area contributed by atoms with Crippen LogP contribution in [0.5, 0.6) is 0 Å². The summed E-state index contributed by atoms with van der Waals surface area (Å²) in [4.78, 5) is 10.6. The molecule has 0 amide bonds. The molecule has 0 aromatic rings. The molecule has 1 aliphatic carbocycles. The normalized spacial score (nSPS) is 28.4. The van der Waals surface area contributed by atoms with E-state index in [-0.39, 0.29) is 0 Å². The molecule has 2 heteroatoms. The van der Waals surface area contributed by atoms with Gasteiger partial charge in [-0.1, -0.05) is 32.8 Å². The first-order chi connectivity index (χ1) is 6.09. The minimum Gasteiger partial charge on any atom is -0.478 e. The van der Waals surface area contributed by atoms with Gasteiger partial charge in [0.05, 0.1) is 0 Å². The number of carbonyl (C=O) groups is 1. The Morgan fingerprint density at radius 1 is 1.54 bits per heavy atom. The standard InChI is InChI=1S/C11H18O2/c1-8-4-3-5-10(6-8)7-9(2)11(12)13/h8,10H,2-7H2,1H3,(H,12,13). The van der Waals surface area contributed by atoms with Gasteiger partial charge in [-0.3, -0.25) is 0 Å². The first-order valence-corrected chi connectivity index (χ1v) is 5.00. The zero-order chi connectivity index (χ0) is 9.84. The molecule has 2 atom stereocenters. The first-order valence-electron chi connectivity index (χ1n) is 5.00. The number of carboxylic acid groups (broad SMARTS) is 1. The molecule has 0 heterocycles. The van der Waals surface area contributed by atoms with Crippen molar-refractivity contribution in [1.82, 2.24) is 0 Å². The Hall–Kier alpha value is -0.790. The lowest BCUT2D eigenvalue weighted by molar-refractivity contribution is -0.132. The summed E-state index contributed by atoms with van der Waals surface area (Å²) in [6.45, 7) is 5.82. The van der Waals surface area contributed by atoms with Crippen LogP contribution in [0.3, 0.4) is 0 Å². The van der Waals surface area contributed by atoms with Gasteiger partial charge in [0.1, 0.15) is 0 Å². The van der Waals surface area contributed by atoms with Gasteiger partial charge in [-0.05, 0) is 24.7 Å². The number of rotatable bonds is 3. The Balaban J connectivity index is 2.36. The highest BCUT2D eigenvalue weighted by molar-refractivity contribution is 5.85. The Morgan fingerprint density at radius 3 is 2.77 bits per heavy atom. The fraction of sp³-hybridized carbons (Fsp3) is 0.727. The summed E-state index contributed by atoms with van der Waals surface area (Å²) < 4.78 is 0. The van der Waals surface area contributed by atoms with Crippen molar-refractivity contribution in [3.8, 4) is 0 Å². The van der Waals surface area contributed by atoms with E-state index in [1.54, 1.807) is 0 Å². The summed E-state index contributed by atoms with van der Waals surface area (Å²) in [5, 5.41) is 8.68. The molecule has 13 heavy (non-hydrogen) atoms. The largest absolute Gasteiger partial charge is 0.478 e. The summed E-state index contributed by atoms with van der Waals surface area (Å²) in [6.07, 6.45) is 5.58. The smallest absolute Gasteiger partial charge is 0.330 e. The van der Waals surface area contributed by atoms with Gasteiger partial charge in [0.2, 0.25) is 0 Å². The predicted octanol–water partition coefficient (Wildman–Crippen LogP) is 2.84. The second-order valence-electron chi connectivity index (χ2n) is 4.25. The second kappa shape index (κ2) is 4.45. The Kier molecular flexibility index (Phi) is 3.52. The van der Waals surface area contributed by atoms with Crippen LogP contribution in [0, 0.1) is 11.8 Å². The van der Waals surface area contributed by atoms with Gasteiger partial charge in [0.25, 0.3) is 0 Å². The van der Waals surface area contributed by atoms with Crippen molar-refractivity contribution in [2.24, 2.45) is 11.8 Å². The maximum absolute atomic E-state index is 10.6. The van der Waals surface area contributed by atoms with Crippen molar-refractivity contribution in [3.63, 3.8) is 0 Å². The summed E-state index contributed by atoms with van der Waals surface area (Å²) in [5.41, 5.74) is 0.374. The van der Waals surface area contributed by atoms with Gasteiger partial charge < -0.3 is 5.11 Å². The summed E-state index contributed by atoms with van der Waals surface area (Å²) >= 11 is 0. The van der Waals surface area contributed by atoms with E-state index in [1.807, 2.05) is 0 Å². The molecule has 0 aromatic carbocycles. The van der Waals surface area contributed by atoms with E-state index in [1.165, 1.54) is 25.7 Å². The summed E-state index contributed by atoms with van der Waals surface area (Å²) in [6, 6.07) is 0. The second-order valence-corrected chi connectivity index (χ2v) is 4.25. The fourth-order valence-corrected chi connectivity index (χ4v) is 2.18. The molecule has 1 fully saturated rings. The highest BCUT2D eigenvalue weighted by Crippen LogP contribution is 2.32. The average molecular weight is 182 g/mol. The first kappa shape index (κ1) is 10.3. The van der Waals surface area contributed by atoms with Crippen molar-refractivity contribution < 1.29 is 9.90 Å². The topological polar surface area (TPSA) is 37.3 Å². The van der Waals surface area contributed by atoms with Gasteiger partial charge >= 0.3 is 5.97 Å². The molecule has 1 rings (SSSR count). The molecule has 2 unspecified atom stereocenters. The van der Waals surface area contributed by atoms with Crippen molar-refractivity contribution in [1.29, 1.82) is 0 Å². The summed E-state index contributed by atoms with van der Waals surface area (Å²) in [7, 11) is 0. The maximum Gasteiger partial charge on any atom is 0.330 e. The third kappa shape index (κ3) is 3.21. The molecule has 0 radical (unpaired) electrons. The van der Waals surface area contributed by atoms with Crippen molar-refractivity contribution in [2.75, 3.05) is 0 Å². The SMILES string of the molecule is C=C(CC1CCCC(C)C1)C(=O)O. The molecule has 1 saturated carbocycles. The third-order valence-corrected chi connectivity index (χ3v) is 2.88. The number of hydrogen-bond donors (Lipinski definition) is 1. The average Bonchev–Trinajstić information content (AvgIpc) is 2.04. The van der Waals surface area contributed by atoms with Crippen LogP contribution in [0.25, 0.3) is 0 Å². The van der Waals surface area contributed by atoms with E-state index >= 15 is 0 Å². The van der Waals surface area contributed by atoms with Crippen LogP contribution in [0.4, 0.5) is 0 Å². The molecule has 0 aliphatic heterocycles. The van der Waals surface area contributed by atoms with E-state index in [0.717, 1.165) is 5.92 Å². The fourth-order valence-electron chi connectivity index (χ4n) is 2.18. The Labute approximate surface area is 79.6 Å². The van der Waals surface area contributed by atoms with Crippen LogP contribution in [-0.4, -0.2) is 11.1 Å². The van der Waals surface area contributed by atoms with Crippen LogP contribution in [0.2, 0.25) is 0 Å². The van der Waals surface area contributed by atoms with Crippen molar-refractivity contribution in [2.45, 2.75) is 39.0 Å². The molecular weight excluding hydrogens is 164 g/mol. The molecule has 0 aromatic heterocycles. The third-order valence-electron chi connectivity index (χ3n) is 2.88. The molecule has 74 valence electrons. The van der Waals surface area contributed by atoms with Crippen LogP contribution in [-0.2, 0) is 4.79 Å². The van der Waals surface area contributed by atoms with Crippen LogP contribution in [0.15, 0.2) is 12.2 Å². The lowest BCUT2D eigenvalue weighted by Crippen LogP contribution is -2.15. The van der Waals surface area contributed by atoms with E-state index in [4.69, 9.17) is 5.11 Å². The number of aliphatic carboxylic acids is 1. The van der Waals surface area contributed by atoms with E-state index in [9.17, 15) is 4.79 Å². The van der Waals surface area contributed by atoms with E-state index in [0.29, 0.717) is 17.9 Å². The molecule has 1 N–H and O–H groups in total.